The molecule has 0 aliphatic rings. The van der Waals surface area contributed by atoms with E-state index in [4.69, 9.17) is 0 Å². The van der Waals surface area contributed by atoms with Crippen LogP contribution in [0.3, 0.4) is 0 Å². The summed E-state index contributed by atoms with van der Waals surface area (Å²) >= 11 is 2.15. The van der Waals surface area contributed by atoms with Crippen LogP contribution >= 0.6 is 22.6 Å². The third kappa shape index (κ3) is 3.33. The van der Waals surface area contributed by atoms with E-state index in [0.29, 0.717) is 5.56 Å². The summed E-state index contributed by atoms with van der Waals surface area (Å²) < 4.78 is 1.05. The quantitative estimate of drug-likeness (QED) is 0.602. The molecule has 74 valence electrons. The molecule has 5 heteroatoms. The van der Waals surface area contributed by atoms with Gasteiger partial charge in [-0.2, -0.15) is 0 Å². The van der Waals surface area contributed by atoms with Crippen LogP contribution in [0, 0.1) is 3.57 Å². The molecule has 1 aromatic carbocycles. The maximum Gasteiger partial charge on any atom is 0.269 e. The molecule has 0 bridgehead atoms. The van der Waals surface area contributed by atoms with E-state index in [9.17, 15) is 9.59 Å². The van der Waals surface area contributed by atoms with Gasteiger partial charge in [0, 0.05) is 16.1 Å². The van der Waals surface area contributed by atoms with Crippen molar-refractivity contribution in [3.05, 3.63) is 33.4 Å². The van der Waals surface area contributed by atoms with E-state index in [2.05, 4.69) is 33.4 Å². The molecule has 0 atom stereocenters. The molecular weight excluding hydrogens is 295 g/mol. The molecule has 0 unspecified atom stereocenters. The van der Waals surface area contributed by atoms with Crippen molar-refractivity contribution in [1.29, 1.82) is 0 Å². The van der Waals surface area contributed by atoms with Gasteiger partial charge in [0.2, 0.25) is 5.91 Å². The van der Waals surface area contributed by atoms with E-state index in [-0.39, 0.29) is 11.8 Å². The summed E-state index contributed by atoms with van der Waals surface area (Å²) in [4.78, 5) is 21.8. The van der Waals surface area contributed by atoms with Gasteiger partial charge >= 0.3 is 0 Å². The van der Waals surface area contributed by atoms with Crippen LogP contribution < -0.4 is 10.9 Å². The van der Waals surface area contributed by atoms with Crippen LogP contribution in [0.25, 0.3) is 0 Å². The third-order valence-corrected chi connectivity index (χ3v) is 2.18. The minimum Gasteiger partial charge on any atom is -0.274 e. The molecule has 0 aromatic heterocycles. The maximum absolute atomic E-state index is 11.3. The molecule has 4 nitrogen and oxygen atoms in total. The zero-order chi connectivity index (χ0) is 10.6. The Bertz CT molecular complexity index is 348. The fourth-order valence-electron chi connectivity index (χ4n) is 0.818. The van der Waals surface area contributed by atoms with Crippen molar-refractivity contribution in [2.24, 2.45) is 0 Å². The zero-order valence-electron chi connectivity index (χ0n) is 7.50. The second-order valence-corrected chi connectivity index (χ2v) is 3.89. The summed E-state index contributed by atoms with van der Waals surface area (Å²) in [5, 5.41) is 0. The Morgan fingerprint density at radius 2 is 1.71 bits per heavy atom. The first kappa shape index (κ1) is 11.0. The Labute approximate surface area is 95.2 Å². The molecule has 0 saturated carbocycles. The monoisotopic (exact) mass is 304 g/mol. The van der Waals surface area contributed by atoms with E-state index in [1.54, 1.807) is 12.1 Å². The SMILES string of the molecule is CC(=O)NNC(=O)c1ccc(I)cc1. The molecule has 0 radical (unpaired) electrons. The second-order valence-electron chi connectivity index (χ2n) is 2.64. The minimum absolute atomic E-state index is 0.302. The van der Waals surface area contributed by atoms with Crippen LogP contribution in [-0.4, -0.2) is 11.8 Å². The lowest BCUT2D eigenvalue weighted by Crippen LogP contribution is -2.40. The highest BCUT2D eigenvalue weighted by atomic mass is 127. The zero-order valence-corrected chi connectivity index (χ0v) is 9.66. The number of hydrogen-bond donors (Lipinski definition) is 2. The molecule has 1 rings (SSSR count). The number of halogens is 1. The number of carbonyl (C=O) groups is 2. The van der Waals surface area contributed by atoms with Gasteiger partial charge in [-0.3, -0.25) is 20.4 Å². The highest BCUT2D eigenvalue weighted by Crippen LogP contribution is 2.06. The van der Waals surface area contributed by atoms with E-state index in [1.807, 2.05) is 12.1 Å². The van der Waals surface area contributed by atoms with Crippen molar-refractivity contribution in [3.8, 4) is 0 Å². The van der Waals surface area contributed by atoms with Crippen LogP contribution in [0.1, 0.15) is 17.3 Å². The van der Waals surface area contributed by atoms with Gasteiger partial charge in [-0.1, -0.05) is 0 Å². The Balaban J connectivity index is 2.61. The predicted octanol–water partition coefficient (Wildman–Crippen LogP) is 1.07. The van der Waals surface area contributed by atoms with Crippen LogP contribution in [0.2, 0.25) is 0 Å². The summed E-state index contributed by atoms with van der Waals surface area (Å²) in [7, 11) is 0. The molecule has 0 heterocycles. The first-order valence-corrected chi connectivity index (χ1v) is 5.00. The fourth-order valence-corrected chi connectivity index (χ4v) is 1.18. The Hall–Kier alpha value is -1.11. The lowest BCUT2D eigenvalue weighted by molar-refractivity contribution is -0.119. The molecule has 0 saturated heterocycles. The smallest absolute Gasteiger partial charge is 0.269 e. The lowest BCUT2D eigenvalue weighted by Gasteiger charge is -2.04. The van der Waals surface area contributed by atoms with E-state index < -0.39 is 0 Å². The standard InChI is InChI=1S/C9H9IN2O2/c1-6(13)11-12-9(14)7-2-4-8(10)5-3-7/h2-5H,1H3,(H,11,13)(H,12,14). The van der Waals surface area contributed by atoms with Crippen LogP contribution in [0.4, 0.5) is 0 Å². The molecular formula is C9H9IN2O2. The topological polar surface area (TPSA) is 58.2 Å². The van der Waals surface area contributed by atoms with Crippen molar-refractivity contribution in [2.45, 2.75) is 6.92 Å². The van der Waals surface area contributed by atoms with Gasteiger partial charge in [0.05, 0.1) is 0 Å². The van der Waals surface area contributed by atoms with Gasteiger partial charge in [-0.15, -0.1) is 0 Å². The van der Waals surface area contributed by atoms with Crippen molar-refractivity contribution < 1.29 is 9.59 Å². The van der Waals surface area contributed by atoms with Crippen molar-refractivity contribution in [2.75, 3.05) is 0 Å². The Kier molecular flexibility index (Phi) is 3.87. The maximum atomic E-state index is 11.3. The Morgan fingerprint density at radius 3 is 2.21 bits per heavy atom. The summed E-state index contributed by atoms with van der Waals surface area (Å²) in [6, 6.07) is 7.03. The van der Waals surface area contributed by atoms with Gasteiger partial charge in [0.25, 0.3) is 5.91 Å². The number of rotatable bonds is 1. The average molecular weight is 304 g/mol. The van der Waals surface area contributed by atoms with Gasteiger partial charge in [0.1, 0.15) is 0 Å². The first-order valence-electron chi connectivity index (χ1n) is 3.92. The number of benzene rings is 1. The average Bonchev–Trinajstić information content (AvgIpc) is 2.15. The minimum atomic E-state index is -0.323. The molecule has 0 aliphatic carbocycles. The molecule has 0 spiro atoms. The fraction of sp³-hybridized carbons (Fsp3) is 0.111. The third-order valence-electron chi connectivity index (χ3n) is 1.46. The normalized spacial score (nSPS) is 9.29. The second kappa shape index (κ2) is 4.94. The molecule has 1 aromatic rings. The molecule has 0 aliphatic heterocycles. The van der Waals surface area contributed by atoms with Crippen molar-refractivity contribution in [3.63, 3.8) is 0 Å². The van der Waals surface area contributed by atoms with E-state index in [1.165, 1.54) is 6.92 Å². The molecule has 2 amide bonds. The number of amides is 2. The van der Waals surface area contributed by atoms with Crippen LogP contribution in [0.5, 0.6) is 0 Å². The molecule has 14 heavy (non-hydrogen) atoms. The predicted molar refractivity (Wildman–Crippen MR) is 60.4 cm³/mol. The summed E-state index contributed by atoms with van der Waals surface area (Å²) in [6.07, 6.45) is 0. The van der Waals surface area contributed by atoms with E-state index >= 15 is 0 Å². The first-order chi connectivity index (χ1) is 6.59. The number of nitrogens with one attached hydrogen (secondary N) is 2. The number of carbonyl (C=O) groups excluding carboxylic acids is 2. The molecule has 2 N–H and O–H groups in total. The van der Waals surface area contributed by atoms with Crippen LogP contribution in [0.15, 0.2) is 24.3 Å². The van der Waals surface area contributed by atoms with Crippen molar-refractivity contribution >= 4 is 34.4 Å². The number of hydrazine groups is 1. The highest BCUT2D eigenvalue weighted by Gasteiger charge is 2.04. The molecule has 0 fully saturated rings. The lowest BCUT2D eigenvalue weighted by atomic mass is 10.2. The summed E-state index contributed by atoms with van der Waals surface area (Å²) in [5.41, 5.74) is 5.01. The van der Waals surface area contributed by atoms with Gasteiger partial charge in [-0.05, 0) is 46.9 Å². The van der Waals surface area contributed by atoms with Crippen LogP contribution in [-0.2, 0) is 4.79 Å². The largest absolute Gasteiger partial charge is 0.274 e. The summed E-state index contributed by atoms with van der Waals surface area (Å²) in [6.45, 7) is 1.33. The summed E-state index contributed by atoms with van der Waals surface area (Å²) in [5.74, 6) is -0.625. The van der Waals surface area contributed by atoms with Gasteiger partial charge in [-0.25, -0.2) is 0 Å². The highest BCUT2D eigenvalue weighted by molar-refractivity contribution is 14.1. The number of hydrogen-bond acceptors (Lipinski definition) is 2. The van der Waals surface area contributed by atoms with Gasteiger partial charge < -0.3 is 0 Å². The Morgan fingerprint density at radius 1 is 1.14 bits per heavy atom. The van der Waals surface area contributed by atoms with E-state index in [0.717, 1.165) is 3.57 Å². The van der Waals surface area contributed by atoms with Gasteiger partial charge in [0.15, 0.2) is 0 Å². The van der Waals surface area contributed by atoms with Crippen molar-refractivity contribution in [1.82, 2.24) is 10.9 Å².